The van der Waals surface area contributed by atoms with Crippen molar-refractivity contribution in [1.29, 1.82) is 0 Å². The number of rotatable bonds is 3. The van der Waals surface area contributed by atoms with Gasteiger partial charge in [-0.25, -0.2) is 0 Å². The number of nitrogens with one attached hydrogen (secondary N) is 1. The molecule has 1 rings (SSSR count). The Labute approximate surface area is 81.2 Å². The molecule has 72 valence electrons. The fraction of sp³-hybridized carbons (Fsp3) is 0.286. The van der Waals surface area contributed by atoms with Gasteiger partial charge in [-0.05, 0) is 12.1 Å². The van der Waals surface area contributed by atoms with Crippen molar-refractivity contribution in [1.82, 2.24) is 5.32 Å². The number of carbonyl (C=O) groups is 1. The molecule has 1 aromatic heterocycles. The van der Waals surface area contributed by atoms with E-state index in [2.05, 4.69) is 0 Å². The highest BCUT2D eigenvalue weighted by atomic mass is 79.9. The van der Waals surface area contributed by atoms with E-state index in [0.29, 0.717) is 5.76 Å². The van der Waals surface area contributed by atoms with Crippen molar-refractivity contribution in [2.45, 2.75) is 11.4 Å². The molecule has 0 atom stereocenters. The number of furan rings is 1. The highest BCUT2D eigenvalue weighted by Gasteiger charge is 2.34. The Morgan fingerprint density at radius 1 is 1.69 bits per heavy atom. The van der Waals surface area contributed by atoms with Crippen LogP contribution in [-0.4, -0.2) is 10.7 Å². The van der Waals surface area contributed by atoms with E-state index in [1.807, 2.05) is 21.2 Å². The van der Waals surface area contributed by atoms with Crippen molar-refractivity contribution in [3.8, 4) is 0 Å². The molecule has 0 radical (unpaired) electrons. The quantitative estimate of drug-likeness (QED) is 0.837. The van der Waals surface area contributed by atoms with Gasteiger partial charge < -0.3 is 9.73 Å². The minimum absolute atomic E-state index is 0.0486. The van der Waals surface area contributed by atoms with Crippen LogP contribution in [0, 0.1) is 0 Å². The van der Waals surface area contributed by atoms with Gasteiger partial charge in [0.05, 0.1) is 12.8 Å². The summed E-state index contributed by atoms with van der Waals surface area (Å²) >= 11 is 1.93. The van der Waals surface area contributed by atoms with Crippen molar-refractivity contribution in [2.24, 2.45) is 0 Å². The summed E-state index contributed by atoms with van der Waals surface area (Å²) in [5.74, 6) is -0.964. The zero-order chi connectivity index (χ0) is 9.90. The number of hydrogen-bond acceptors (Lipinski definition) is 2. The van der Waals surface area contributed by atoms with Crippen LogP contribution in [0.5, 0.6) is 0 Å². The van der Waals surface area contributed by atoms with Crippen LogP contribution in [-0.2, 0) is 11.3 Å². The lowest BCUT2D eigenvalue weighted by atomic mass is 10.4. The first-order valence-electron chi connectivity index (χ1n) is 3.37. The monoisotopic (exact) mass is 253 g/mol. The summed E-state index contributed by atoms with van der Waals surface area (Å²) in [5.41, 5.74) is 0. The minimum atomic E-state index is -3.53. The Balaban J connectivity index is 2.40. The third-order valence-corrected chi connectivity index (χ3v) is 1.62. The first-order valence-corrected chi connectivity index (χ1v) is 4.17. The Bertz CT molecular complexity index is 281. The smallest absolute Gasteiger partial charge is 0.377 e. The lowest BCUT2D eigenvalue weighted by Gasteiger charge is -2.07. The van der Waals surface area contributed by atoms with Crippen LogP contribution in [0.15, 0.2) is 22.8 Å². The second-order valence-electron chi connectivity index (χ2n) is 2.26. The van der Waals surface area contributed by atoms with E-state index < -0.39 is 10.7 Å². The molecule has 0 aliphatic rings. The molecule has 0 aliphatic heterocycles. The van der Waals surface area contributed by atoms with Gasteiger partial charge in [-0.3, -0.25) is 4.79 Å². The molecule has 0 fully saturated rings. The standard InChI is InChI=1S/C7H6BrF2NO2/c8-7(9,10)6(12)11-4-5-2-1-3-13-5/h1-3H,4H2,(H,11,12). The normalized spacial score (nSPS) is 11.3. The van der Waals surface area contributed by atoms with Crippen molar-refractivity contribution < 1.29 is 18.0 Å². The van der Waals surface area contributed by atoms with E-state index in [9.17, 15) is 13.6 Å². The maximum Gasteiger partial charge on any atom is 0.377 e. The van der Waals surface area contributed by atoms with Crippen molar-refractivity contribution in [3.63, 3.8) is 0 Å². The molecule has 0 bridgehead atoms. The highest BCUT2D eigenvalue weighted by molar-refractivity contribution is 9.10. The van der Waals surface area contributed by atoms with E-state index in [4.69, 9.17) is 4.42 Å². The maximum absolute atomic E-state index is 12.2. The molecule has 0 aliphatic carbocycles. The number of amides is 1. The molecule has 3 nitrogen and oxygen atoms in total. The summed E-state index contributed by atoms with van der Waals surface area (Å²) in [4.78, 5) is 7.08. The van der Waals surface area contributed by atoms with Gasteiger partial charge in [0.15, 0.2) is 0 Å². The highest BCUT2D eigenvalue weighted by Crippen LogP contribution is 2.21. The predicted octanol–water partition coefficient (Wildman–Crippen LogP) is 1.88. The third kappa shape index (κ3) is 3.14. The van der Waals surface area contributed by atoms with E-state index in [1.165, 1.54) is 6.26 Å². The summed E-state index contributed by atoms with van der Waals surface area (Å²) in [7, 11) is 0. The topological polar surface area (TPSA) is 42.2 Å². The second kappa shape index (κ2) is 3.87. The van der Waals surface area contributed by atoms with Gasteiger partial charge >= 0.3 is 10.7 Å². The van der Waals surface area contributed by atoms with Crippen molar-refractivity contribution in [2.75, 3.05) is 0 Å². The van der Waals surface area contributed by atoms with Gasteiger partial charge in [0.1, 0.15) is 5.76 Å². The maximum atomic E-state index is 12.2. The van der Waals surface area contributed by atoms with Crippen LogP contribution in [0.25, 0.3) is 0 Å². The minimum Gasteiger partial charge on any atom is -0.467 e. The van der Waals surface area contributed by atoms with Gasteiger partial charge in [0.2, 0.25) is 0 Å². The molecule has 13 heavy (non-hydrogen) atoms. The first-order chi connectivity index (χ1) is 6.00. The summed E-state index contributed by atoms with van der Waals surface area (Å²) < 4.78 is 29.3. The SMILES string of the molecule is O=C(NCc1ccco1)C(F)(F)Br. The molecule has 0 aromatic carbocycles. The van der Waals surface area contributed by atoms with Crippen LogP contribution in [0.1, 0.15) is 5.76 Å². The lowest BCUT2D eigenvalue weighted by Crippen LogP contribution is -2.34. The zero-order valence-electron chi connectivity index (χ0n) is 6.39. The lowest BCUT2D eigenvalue weighted by molar-refractivity contribution is -0.134. The predicted molar refractivity (Wildman–Crippen MR) is 44.4 cm³/mol. The molecule has 6 heteroatoms. The molecule has 1 amide bonds. The van der Waals surface area contributed by atoms with E-state index >= 15 is 0 Å². The summed E-state index contributed by atoms with van der Waals surface area (Å²) in [6, 6.07) is 3.18. The summed E-state index contributed by atoms with van der Waals surface area (Å²) in [5, 5.41) is 2.00. The number of carbonyl (C=O) groups excluding carboxylic acids is 1. The Morgan fingerprint density at radius 3 is 2.85 bits per heavy atom. The molecule has 1 heterocycles. The molecule has 1 N–H and O–H groups in total. The fourth-order valence-corrected chi connectivity index (χ4v) is 0.821. The first kappa shape index (κ1) is 10.2. The van der Waals surface area contributed by atoms with Crippen molar-refractivity contribution >= 4 is 21.8 Å². The molecule has 0 unspecified atom stereocenters. The van der Waals surface area contributed by atoms with Crippen LogP contribution in [0.3, 0.4) is 0 Å². The fourth-order valence-electron chi connectivity index (χ4n) is 0.681. The molecular weight excluding hydrogens is 248 g/mol. The Hall–Kier alpha value is -0.910. The molecular formula is C7H6BrF2NO2. The molecule has 1 aromatic rings. The van der Waals surface area contributed by atoms with Gasteiger partial charge in [-0.2, -0.15) is 8.78 Å². The summed E-state index contributed by atoms with van der Waals surface area (Å²) in [6.07, 6.45) is 1.40. The second-order valence-corrected chi connectivity index (χ2v) is 3.26. The van der Waals surface area contributed by atoms with E-state index in [0.717, 1.165) is 0 Å². The average molecular weight is 254 g/mol. The van der Waals surface area contributed by atoms with E-state index in [1.54, 1.807) is 12.1 Å². The van der Waals surface area contributed by atoms with E-state index in [-0.39, 0.29) is 6.54 Å². The van der Waals surface area contributed by atoms with Crippen LogP contribution in [0.2, 0.25) is 0 Å². The van der Waals surface area contributed by atoms with Crippen molar-refractivity contribution in [3.05, 3.63) is 24.2 Å². The van der Waals surface area contributed by atoms with Gasteiger partial charge in [-0.1, -0.05) is 0 Å². The average Bonchev–Trinajstić information content (AvgIpc) is 2.50. The van der Waals surface area contributed by atoms with Gasteiger partial charge in [-0.15, -0.1) is 0 Å². The number of alkyl halides is 3. The Morgan fingerprint density at radius 2 is 2.38 bits per heavy atom. The molecule has 0 saturated carbocycles. The van der Waals surface area contributed by atoms with Crippen LogP contribution in [0.4, 0.5) is 8.78 Å². The van der Waals surface area contributed by atoms with Crippen LogP contribution < -0.4 is 5.32 Å². The number of hydrogen-bond donors (Lipinski definition) is 1. The number of halogens is 3. The summed E-state index contributed by atoms with van der Waals surface area (Å²) in [6.45, 7) is -0.0486. The van der Waals surface area contributed by atoms with Gasteiger partial charge in [0.25, 0.3) is 0 Å². The molecule has 0 spiro atoms. The largest absolute Gasteiger partial charge is 0.467 e. The molecule has 0 saturated heterocycles. The zero-order valence-corrected chi connectivity index (χ0v) is 7.98. The Kier molecular flexibility index (Phi) is 3.02. The third-order valence-electron chi connectivity index (χ3n) is 1.26. The van der Waals surface area contributed by atoms with Gasteiger partial charge in [0, 0.05) is 15.9 Å². The van der Waals surface area contributed by atoms with Crippen LogP contribution >= 0.6 is 15.9 Å².